The Hall–Kier alpha value is -2.36. The third kappa shape index (κ3) is 3.11. The lowest BCUT2D eigenvalue weighted by atomic mass is 9.91. The van der Waals surface area contributed by atoms with Gasteiger partial charge in [0, 0.05) is 11.3 Å². The summed E-state index contributed by atoms with van der Waals surface area (Å²) in [6.45, 7) is 0. The van der Waals surface area contributed by atoms with Gasteiger partial charge in [-0.05, 0) is 54.9 Å². The number of halogens is 4. The highest BCUT2D eigenvalue weighted by Gasteiger charge is 2.50. The van der Waals surface area contributed by atoms with Crippen molar-refractivity contribution in [2.45, 2.75) is 36.6 Å². The Morgan fingerprint density at radius 3 is 2.52 bits per heavy atom. The Balaban J connectivity index is 1.75. The van der Waals surface area contributed by atoms with E-state index in [1.54, 1.807) is 6.07 Å². The number of nitrogens with zero attached hydrogens (tertiary/aromatic N) is 1. The summed E-state index contributed by atoms with van der Waals surface area (Å²) in [4.78, 5) is 3.83. The number of rotatable bonds is 4. The fraction of sp³-hybridized carbons (Fsp3) is 0.353. The van der Waals surface area contributed by atoms with Crippen LogP contribution in [0.25, 0.3) is 0 Å². The van der Waals surface area contributed by atoms with Crippen LogP contribution in [0.4, 0.5) is 28.9 Å². The summed E-state index contributed by atoms with van der Waals surface area (Å²) in [6.07, 6.45) is 3.49. The monoisotopic (exact) mass is 402 g/mol. The standard InChI is InChI=1S/C17H14F4N2O3S/c18-11-2-1-3-12(7-11)23-13-8-22-16(26-27(24,25)17(19,20)21)15-10-5-4-9(6-10)14(13)15/h1-3,7-10,23H,4-6H2. The molecular weight excluding hydrogens is 388 g/mol. The van der Waals surface area contributed by atoms with Gasteiger partial charge in [0.2, 0.25) is 5.88 Å². The molecule has 27 heavy (non-hydrogen) atoms. The van der Waals surface area contributed by atoms with Gasteiger partial charge in [-0.25, -0.2) is 9.37 Å². The number of benzene rings is 1. The first-order valence-electron chi connectivity index (χ1n) is 8.22. The van der Waals surface area contributed by atoms with E-state index in [0.29, 0.717) is 28.9 Å². The van der Waals surface area contributed by atoms with Gasteiger partial charge in [-0.15, -0.1) is 0 Å². The van der Waals surface area contributed by atoms with Crippen molar-refractivity contribution >= 4 is 21.5 Å². The largest absolute Gasteiger partial charge is 0.534 e. The molecule has 1 saturated carbocycles. The highest BCUT2D eigenvalue weighted by molar-refractivity contribution is 7.87. The van der Waals surface area contributed by atoms with E-state index in [0.717, 1.165) is 12.8 Å². The van der Waals surface area contributed by atoms with E-state index in [4.69, 9.17) is 0 Å². The van der Waals surface area contributed by atoms with E-state index in [9.17, 15) is 26.0 Å². The van der Waals surface area contributed by atoms with Gasteiger partial charge in [-0.2, -0.15) is 21.6 Å². The fourth-order valence-corrected chi connectivity index (χ4v) is 4.34. The van der Waals surface area contributed by atoms with Crippen LogP contribution in [0.1, 0.15) is 42.2 Å². The summed E-state index contributed by atoms with van der Waals surface area (Å²) >= 11 is 0. The van der Waals surface area contributed by atoms with Crippen LogP contribution in [0.5, 0.6) is 5.88 Å². The molecular formula is C17H14F4N2O3S. The van der Waals surface area contributed by atoms with Crippen LogP contribution >= 0.6 is 0 Å². The van der Waals surface area contributed by atoms with E-state index in [1.807, 2.05) is 0 Å². The highest BCUT2D eigenvalue weighted by Crippen LogP contribution is 2.58. The van der Waals surface area contributed by atoms with Crippen molar-refractivity contribution in [1.29, 1.82) is 0 Å². The molecule has 0 saturated heterocycles. The molecule has 2 aromatic rings. The predicted molar refractivity (Wildman–Crippen MR) is 88.9 cm³/mol. The number of aromatic nitrogens is 1. The molecule has 2 bridgehead atoms. The van der Waals surface area contributed by atoms with E-state index in [1.165, 1.54) is 24.4 Å². The van der Waals surface area contributed by atoms with Crippen LogP contribution in [0, 0.1) is 5.82 Å². The van der Waals surface area contributed by atoms with Crippen LogP contribution in [-0.4, -0.2) is 18.9 Å². The SMILES string of the molecule is O=S(=O)(Oc1ncc(Nc2cccc(F)c2)c2c1C1CCC2C1)C(F)(F)F. The summed E-state index contributed by atoms with van der Waals surface area (Å²) in [7, 11) is -5.80. The second kappa shape index (κ2) is 6.08. The van der Waals surface area contributed by atoms with Crippen LogP contribution in [0.3, 0.4) is 0 Å². The molecule has 1 N–H and O–H groups in total. The second-order valence-corrected chi connectivity index (χ2v) is 8.17. The molecule has 2 atom stereocenters. The average Bonchev–Trinajstić information content (AvgIpc) is 3.18. The van der Waals surface area contributed by atoms with Gasteiger partial charge in [-0.1, -0.05) is 6.07 Å². The molecule has 144 valence electrons. The molecule has 5 nitrogen and oxygen atoms in total. The average molecular weight is 402 g/mol. The lowest BCUT2D eigenvalue weighted by Gasteiger charge is -2.22. The lowest BCUT2D eigenvalue weighted by molar-refractivity contribution is -0.0501. The minimum Gasteiger partial charge on any atom is -0.355 e. The van der Waals surface area contributed by atoms with Gasteiger partial charge in [-0.3, -0.25) is 0 Å². The maximum Gasteiger partial charge on any atom is 0.534 e. The predicted octanol–water partition coefficient (Wildman–Crippen LogP) is 4.56. The first kappa shape index (κ1) is 18.0. The maximum atomic E-state index is 13.4. The minimum atomic E-state index is -5.80. The number of alkyl halides is 3. The Morgan fingerprint density at radius 2 is 1.85 bits per heavy atom. The van der Waals surface area contributed by atoms with Crippen LogP contribution < -0.4 is 9.50 Å². The van der Waals surface area contributed by atoms with Crippen molar-refractivity contribution in [2.24, 2.45) is 0 Å². The van der Waals surface area contributed by atoms with E-state index in [-0.39, 0.29) is 11.8 Å². The third-order valence-electron chi connectivity index (χ3n) is 4.95. The van der Waals surface area contributed by atoms with Gasteiger partial charge in [0.05, 0.1) is 11.9 Å². The minimum absolute atomic E-state index is 0.0694. The summed E-state index contributed by atoms with van der Waals surface area (Å²) in [5.74, 6) is -1.01. The van der Waals surface area contributed by atoms with E-state index in [2.05, 4.69) is 14.5 Å². The van der Waals surface area contributed by atoms with Crippen molar-refractivity contribution in [3.63, 3.8) is 0 Å². The molecule has 2 unspecified atom stereocenters. The van der Waals surface area contributed by atoms with Crippen molar-refractivity contribution in [2.75, 3.05) is 5.32 Å². The van der Waals surface area contributed by atoms with Gasteiger partial charge in [0.1, 0.15) is 5.82 Å². The van der Waals surface area contributed by atoms with Gasteiger partial charge in [0.25, 0.3) is 0 Å². The zero-order valence-corrected chi connectivity index (χ0v) is 14.6. The van der Waals surface area contributed by atoms with Crippen molar-refractivity contribution < 1.29 is 30.2 Å². The highest BCUT2D eigenvalue weighted by atomic mass is 32.2. The van der Waals surface area contributed by atoms with Gasteiger partial charge in [0.15, 0.2) is 0 Å². The van der Waals surface area contributed by atoms with E-state index < -0.39 is 27.3 Å². The molecule has 2 aliphatic rings. The first-order valence-corrected chi connectivity index (χ1v) is 9.62. The molecule has 0 amide bonds. The van der Waals surface area contributed by atoms with Crippen molar-refractivity contribution in [1.82, 2.24) is 4.98 Å². The Kier molecular flexibility index (Phi) is 4.06. The number of fused-ring (bicyclic) bond motifs is 5. The molecule has 0 aliphatic heterocycles. The molecule has 1 heterocycles. The number of pyridine rings is 1. The summed E-state index contributed by atoms with van der Waals surface area (Å²) < 4.78 is 78.6. The number of anilines is 2. The quantitative estimate of drug-likeness (QED) is 0.461. The Morgan fingerprint density at radius 1 is 1.15 bits per heavy atom. The van der Waals surface area contributed by atoms with Crippen LogP contribution in [-0.2, 0) is 10.1 Å². The molecule has 1 aromatic carbocycles. The van der Waals surface area contributed by atoms with Gasteiger partial charge >= 0.3 is 15.6 Å². The normalized spacial score (nSPS) is 21.2. The summed E-state index contributed by atoms with van der Waals surface area (Å²) in [5, 5.41) is 3.02. The second-order valence-electron chi connectivity index (χ2n) is 6.63. The number of hydrogen-bond acceptors (Lipinski definition) is 5. The Labute approximate surface area is 152 Å². The summed E-state index contributed by atoms with van der Waals surface area (Å²) in [6, 6.07) is 5.72. The molecule has 2 aliphatic carbocycles. The number of nitrogens with one attached hydrogen (secondary N) is 1. The zero-order valence-electron chi connectivity index (χ0n) is 13.8. The maximum absolute atomic E-state index is 13.4. The number of hydrogen-bond donors (Lipinski definition) is 1. The van der Waals surface area contributed by atoms with E-state index >= 15 is 0 Å². The Bertz CT molecular complexity index is 1010. The molecule has 1 aromatic heterocycles. The topological polar surface area (TPSA) is 68.3 Å². The molecule has 0 radical (unpaired) electrons. The lowest BCUT2D eigenvalue weighted by Crippen LogP contribution is -2.29. The smallest absolute Gasteiger partial charge is 0.355 e. The van der Waals surface area contributed by atoms with Crippen LogP contribution in [0.2, 0.25) is 0 Å². The van der Waals surface area contributed by atoms with Crippen molar-refractivity contribution in [3.05, 3.63) is 47.4 Å². The molecule has 0 spiro atoms. The van der Waals surface area contributed by atoms with Crippen molar-refractivity contribution in [3.8, 4) is 5.88 Å². The third-order valence-corrected chi connectivity index (χ3v) is 5.89. The zero-order chi connectivity index (χ0) is 19.4. The molecule has 1 fully saturated rings. The van der Waals surface area contributed by atoms with Crippen LogP contribution in [0.15, 0.2) is 30.5 Å². The summed E-state index contributed by atoms with van der Waals surface area (Å²) in [5.41, 5.74) is -3.48. The molecule has 4 rings (SSSR count). The molecule has 10 heteroatoms. The van der Waals surface area contributed by atoms with Gasteiger partial charge < -0.3 is 9.50 Å². The first-order chi connectivity index (χ1) is 12.7. The fourth-order valence-electron chi connectivity index (χ4n) is 3.90.